The third-order valence-electron chi connectivity index (χ3n) is 3.57. The van der Waals surface area contributed by atoms with E-state index in [9.17, 15) is 8.42 Å². The molecule has 0 saturated carbocycles. The van der Waals surface area contributed by atoms with Crippen LogP contribution >= 0.6 is 11.6 Å². The van der Waals surface area contributed by atoms with Gasteiger partial charge in [0.15, 0.2) is 11.5 Å². The zero-order valence-electron chi connectivity index (χ0n) is 13.9. The molecule has 0 atom stereocenters. The van der Waals surface area contributed by atoms with Crippen LogP contribution in [0.5, 0.6) is 17.2 Å². The number of ether oxygens (including phenoxy) is 3. The van der Waals surface area contributed by atoms with Gasteiger partial charge >= 0.3 is 0 Å². The van der Waals surface area contributed by atoms with Gasteiger partial charge in [-0.1, -0.05) is 29.5 Å². The number of sulfonamides is 1. The maximum absolute atomic E-state index is 12.3. The molecule has 1 N–H and O–H groups in total. The van der Waals surface area contributed by atoms with E-state index in [1.165, 1.54) is 6.07 Å². The molecule has 0 saturated heterocycles. The van der Waals surface area contributed by atoms with E-state index in [1.807, 2.05) is 0 Å². The lowest BCUT2D eigenvalue weighted by Crippen LogP contribution is -2.24. The Morgan fingerprint density at radius 3 is 2.81 bits per heavy atom. The summed E-state index contributed by atoms with van der Waals surface area (Å²) in [6.45, 7) is 2.00. The van der Waals surface area contributed by atoms with Crippen molar-refractivity contribution in [2.75, 3.05) is 19.9 Å². The van der Waals surface area contributed by atoms with Gasteiger partial charge in [0.2, 0.25) is 16.8 Å². The maximum atomic E-state index is 12.3. The fourth-order valence-corrected chi connectivity index (χ4v) is 3.70. The summed E-state index contributed by atoms with van der Waals surface area (Å²) < 4.78 is 42.9. The van der Waals surface area contributed by atoms with Crippen molar-refractivity contribution in [3.8, 4) is 29.1 Å². The highest BCUT2D eigenvalue weighted by atomic mass is 35.5. The Morgan fingerprint density at radius 1 is 1.15 bits per heavy atom. The highest BCUT2D eigenvalue weighted by molar-refractivity contribution is 7.89. The lowest BCUT2D eigenvalue weighted by atomic mass is 10.2. The summed E-state index contributed by atoms with van der Waals surface area (Å²) in [5, 5.41) is 0.360. The van der Waals surface area contributed by atoms with Gasteiger partial charge in [-0.2, -0.15) is 4.72 Å². The summed E-state index contributed by atoms with van der Waals surface area (Å²) in [5.74, 6) is 7.36. The van der Waals surface area contributed by atoms with Crippen molar-refractivity contribution in [1.82, 2.24) is 4.72 Å². The molecule has 0 aliphatic carbocycles. The summed E-state index contributed by atoms with van der Waals surface area (Å²) in [6.07, 6.45) is 0. The molecular weight excluding hydrogens is 378 g/mol. The van der Waals surface area contributed by atoms with Crippen molar-refractivity contribution in [2.45, 2.75) is 11.8 Å². The predicted octanol–water partition coefficient (Wildman–Crippen LogP) is 2.74. The van der Waals surface area contributed by atoms with E-state index in [0.29, 0.717) is 27.8 Å². The van der Waals surface area contributed by atoms with Gasteiger partial charge in [-0.3, -0.25) is 0 Å². The quantitative estimate of drug-likeness (QED) is 0.791. The monoisotopic (exact) mass is 393 g/mol. The first-order valence-electron chi connectivity index (χ1n) is 7.70. The number of aryl methyl sites for hydroxylation is 1. The highest BCUT2D eigenvalue weighted by Crippen LogP contribution is 2.34. The molecule has 0 fully saturated rings. The Hall–Kier alpha value is -2.40. The van der Waals surface area contributed by atoms with Gasteiger partial charge in [0, 0.05) is 11.1 Å². The van der Waals surface area contributed by atoms with E-state index < -0.39 is 10.0 Å². The molecule has 0 bridgehead atoms. The zero-order chi connectivity index (χ0) is 18.6. The number of fused-ring (bicyclic) bond motifs is 1. The molecule has 0 aromatic heterocycles. The number of benzene rings is 2. The van der Waals surface area contributed by atoms with Crippen LogP contribution in [0.1, 0.15) is 5.56 Å². The molecule has 3 rings (SSSR count). The van der Waals surface area contributed by atoms with Gasteiger partial charge in [0.25, 0.3) is 0 Å². The lowest BCUT2D eigenvalue weighted by Gasteiger charge is -2.07. The SMILES string of the molecule is Cc1ccc(Cl)cc1S(=O)(=O)NCC#CCOc1ccc2c(c1)OCO2. The fraction of sp³-hybridized carbons (Fsp3) is 0.222. The summed E-state index contributed by atoms with van der Waals surface area (Å²) in [4.78, 5) is 0.142. The Balaban J connectivity index is 1.51. The van der Waals surface area contributed by atoms with E-state index in [1.54, 1.807) is 37.3 Å². The third kappa shape index (κ3) is 4.41. The third-order valence-corrected chi connectivity index (χ3v) is 5.35. The Labute approximate surface area is 157 Å². The topological polar surface area (TPSA) is 73.9 Å². The van der Waals surface area contributed by atoms with Crippen LogP contribution in [-0.4, -0.2) is 28.4 Å². The predicted molar refractivity (Wildman–Crippen MR) is 97.2 cm³/mol. The Morgan fingerprint density at radius 2 is 1.96 bits per heavy atom. The van der Waals surface area contributed by atoms with Crippen molar-refractivity contribution < 1.29 is 22.6 Å². The summed E-state index contributed by atoms with van der Waals surface area (Å²) in [6, 6.07) is 9.93. The van der Waals surface area contributed by atoms with Crippen molar-refractivity contribution in [3.63, 3.8) is 0 Å². The normalized spacial score (nSPS) is 12.4. The lowest BCUT2D eigenvalue weighted by molar-refractivity contribution is 0.174. The summed E-state index contributed by atoms with van der Waals surface area (Å²) in [7, 11) is -3.67. The molecular formula is C18H16ClNO5S. The van der Waals surface area contributed by atoms with Gasteiger partial charge in [-0.15, -0.1) is 0 Å². The van der Waals surface area contributed by atoms with Crippen molar-refractivity contribution in [2.24, 2.45) is 0 Å². The van der Waals surface area contributed by atoms with Crippen LogP contribution in [0.3, 0.4) is 0 Å². The van der Waals surface area contributed by atoms with Crippen molar-refractivity contribution >= 4 is 21.6 Å². The van der Waals surface area contributed by atoms with Crippen molar-refractivity contribution in [3.05, 3.63) is 47.0 Å². The molecule has 2 aromatic rings. The van der Waals surface area contributed by atoms with Gasteiger partial charge in [0.1, 0.15) is 12.4 Å². The number of hydrogen-bond acceptors (Lipinski definition) is 5. The van der Waals surface area contributed by atoms with Crippen LogP contribution in [0.15, 0.2) is 41.3 Å². The zero-order valence-corrected chi connectivity index (χ0v) is 15.5. The second kappa shape index (κ2) is 7.87. The summed E-state index contributed by atoms with van der Waals surface area (Å²) in [5.41, 5.74) is 0.612. The van der Waals surface area contributed by atoms with Crippen LogP contribution in [0, 0.1) is 18.8 Å². The van der Waals surface area contributed by atoms with E-state index >= 15 is 0 Å². The first-order valence-corrected chi connectivity index (χ1v) is 9.56. The second-order valence-electron chi connectivity index (χ2n) is 5.39. The minimum absolute atomic E-state index is 0.0290. The van der Waals surface area contributed by atoms with Crippen LogP contribution in [0.2, 0.25) is 5.02 Å². The fourth-order valence-electron chi connectivity index (χ4n) is 2.27. The molecule has 0 spiro atoms. The summed E-state index contributed by atoms with van der Waals surface area (Å²) >= 11 is 5.87. The molecule has 8 heteroatoms. The largest absolute Gasteiger partial charge is 0.481 e. The van der Waals surface area contributed by atoms with Crippen LogP contribution in [-0.2, 0) is 10.0 Å². The van der Waals surface area contributed by atoms with E-state index in [4.69, 9.17) is 25.8 Å². The molecule has 0 amide bonds. The standard InChI is InChI=1S/C18H16ClNO5S/c1-13-4-5-14(19)10-18(13)26(21,22)20-8-2-3-9-23-15-6-7-16-17(11-15)25-12-24-16/h4-7,10-11,20H,8-9,12H2,1H3. The Kier molecular flexibility index (Phi) is 5.57. The first kappa shape index (κ1) is 18.4. The van der Waals surface area contributed by atoms with E-state index in [2.05, 4.69) is 16.6 Å². The molecule has 1 heterocycles. The average Bonchev–Trinajstić information content (AvgIpc) is 3.07. The maximum Gasteiger partial charge on any atom is 0.241 e. The molecule has 26 heavy (non-hydrogen) atoms. The van der Waals surface area contributed by atoms with Crippen LogP contribution < -0.4 is 18.9 Å². The van der Waals surface area contributed by atoms with Gasteiger partial charge in [-0.25, -0.2) is 8.42 Å². The molecule has 2 aromatic carbocycles. The molecule has 6 nitrogen and oxygen atoms in total. The molecule has 0 radical (unpaired) electrons. The smallest absolute Gasteiger partial charge is 0.241 e. The molecule has 136 valence electrons. The van der Waals surface area contributed by atoms with Crippen LogP contribution in [0.4, 0.5) is 0 Å². The number of nitrogens with one attached hydrogen (secondary N) is 1. The number of hydrogen-bond donors (Lipinski definition) is 1. The molecule has 1 aliphatic rings. The molecule has 1 aliphatic heterocycles. The first-order chi connectivity index (χ1) is 12.5. The van der Waals surface area contributed by atoms with E-state index in [-0.39, 0.29) is 24.8 Å². The van der Waals surface area contributed by atoms with Gasteiger partial charge in [0.05, 0.1) is 11.4 Å². The molecule has 0 unspecified atom stereocenters. The number of halogens is 1. The minimum atomic E-state index is -3.67. The van der Waals surface area contributed by atoms with Crippen LogP contribution in [0.25, 0.3) is 0 Å². The van der Waals surface area contributed by atoms with Gasteiger partial charge < -0.3 is 14.2 Å². The van der Waals surface area contributed by atoms with Gasteiger partial charge in [-0.05, 0) is 36.8 Å². The average molecular weight is 394 g/mol. The Bertz CT molecular complexity index is 979. The number of rotatable bonds is 5. The second-order valence-corrected chi connectivity index (χ2v) is 7.56. The minimum Gasteiger partial charge on any atom is -0.481 e. The van der Waals surface area contributed by atoms with Crippen molar-refractivity contribution in [1.29, 1.82) is 0 Å². The highest BCUT2D eigenvalue weighted by Gasteiger charge is 2.16. The van der Waals surface area contributed by atoms with E-state index in [0.717, 1.165) is 0 Å².